The molecule has 0 saturated carbocycles. The van der Waals surface area contributed by atoms with Crippen LogP contribution < -0.4 is 11.1 Å². The first-order valence-corrected chi connectivity index (χ1v) is 5.32. The first kappa shape index (κ1) is 10.6. The van der Waals surface area contributed by atoms with Crippen LogP contribution in [0.15, 0.2) is 27.9 Å². The van der Waals surface area contributed by atoms with Gasteiger partial charge in [0.1, 0.15) is 0 Å². The summed E-state index contributed by atoms with van der Waals surface area (Å²) in [6, 6.07) is 3.54. The second kappa shape index (κ2) is 4.30. The molecule has 2 aromatic heterocycles. The number of H-pyrrole nitrogens is 1. The van der Waals surface area contributed by atoms with E-state index in [9.17, 15) is 9.59 Å². The molecule has 2 heterocycles. The van der Waals surface area contributed by atoms with Gasteiger partial charge in [0.05, 0.1) is 5.52 Å². The van der Waals surface area contributed by atoms with E-state index < -0.39 is 11.1 Å². The van der Waals surface area contributed by atoms with Gasteiger partial charge in [0, 0.05) is 12.7 Å². The summed E-state index contributed by atoms with van der Waals surface area (Å²) in [5.41, 5.74) is 0.0278. The zero-order chi connectivity index (χ0) is 11.5. The smallest absolute Gasteiger partial charge is 0.301 e. The van der Waals surface area contributed by atoms with E-state index in [1.54, 1.807) is 18.3 Å². The number of hydrogen-bond acceptors (Lipinski definition) is 3. The van der Waals surface area contributed by atoms with Crippen molar-refractivity contribution in [2.75, 3.05) is 0 Å². The number of hydrogen-bond donors (Lipinski definition) is 1. The molecule has 0 aromatic carbocycles. The minimum Gasteiger partial charge on any atom is -0.301 e. The lowest BCUT2D eigenvalue weighted by Crippen LogP contribution is -2.36. The van der Waals surface area contributed by atoms with E-state index >= 15 is 0 Å². The molecule has 5 nitrogen and oxygen atoms in total. The molecule has 0 aliphatic heterocycles. The molecular weight excluding hydrogens is 206 g/mol. The predicted octanol–water partition coefficient (Wildman–Crippen LogP) is 0.885. The van der Waals surface area contributed by atoms with E-state index in [1.807, 2.05) is 6.92 Å². The van der Waals surface area contributed by atoms with Gasteiger partial charge in [0.2, 0.25) is 0 Å². The van der Waals surface area contributed by atoms with Gasteiger partial charge >= 0.3 is 11.1 Å². The molecule has 0 fully saturated rings. The summed E-state index contributed by atoms with van der Waals surface area (Å²) in [6.07, 6.45) is 3.43. The highest BCUT2D eigenvalue weighted by Gasteiger charge is 2.06. The van der Waals surface area contributed by atoms with E-state index in [0.29, 0.717) is 17.7 Å². The van der Waals surface area contributed by atoms with Crippen LogP contribution in [0.25, 0.3) is 11.2 Å². The number of nitrogens with one attached hydrogen (secondary N) is 1. The molecule has 2 aromatic rings. The van der Waals surface area contributed by atoms with Gasteiger partial charge in [-0.25, -0.2) is 4.98 Å². The molecule has 0 spiro atoms. The van der Waals surface area contributed by atoms with Crippen LogP contribution in [-0.4, -0.2) is 14.5 Å². The minimum absolute atomic E-state index is 0.461. The van der Waals surface area contributed by atoms with Crippen molar-refractivity contribution < 1.29 is 0 Å². The Morgan fingerprint density at radius 2 is 2.25 bits per heavy atom. The Balaban J connectivity index is 2.72. The molecule has 0 bridgehead atoms. The van der Waals surface area contributed by atoms with Crippen LogP contribution >= 0.6 is 0 Å². The summed E-state index contributed by atoms with van der Waals surface area (Å²) in [5.74, 6) is 0. The van der Waals surface area contributed by atoms with E-state index in [1.165, 1.54) is 4.57 Å². The highest BCUT2D eigenvalue weighted by Crippen LogP contribution is 2.04. The van der Waals surface area contributed by atoms with Crippen LogP contribution in [0.3, 0.4) is 0 Å². The summed E-state index contributed by atoms with van der Waals surface area (Å²) in [4.78, 5) is 29.6. The van der Waals surface area contributed by atoms with Crippen molar-refractivity contribution in [3.63, 3.8) is 0 Å². The topological polar surface area (TPSA) is 67.8 Å². The summed E-state index contributed by atoms with van der Waals surface area (Å²) in [7, 11) is 0. The molecule has 0 aliphatic carbocycles. The number of aromatic amines is 1. The summed E-state index contributed by atoms with van der Waals surface area (Å²) in [5, 5.41) is 0. The Morgan fingerprint density at radius 1 is 1.44 bits per heavy atom. The van der Waals surface area contributed by atoms with Gasteiger partial charge in [-0.1, -0.05) is 13.3 Å². The summed E-state index contributed by atoms with van der Waals surface area (Å²) in [6.45, 7) is 2.60. The molecule has 0 atom stereocenters. The van der Waals surface area contributed by atoms with Crippen molar-refractivity contribution in [1.29, 1.82) is 0 Å². The molecule has 16 heavy (non-hydrogen) atoms. The maximum absolute atomic E-state index is 11.7. The molecule has 0 saturated heterocycles. The third-order valence-electron chi connectivity index (χ3n) is 2.48. The molecule has 5 heteroatoms. The van der Waals surface area contributed by atoms with Gasteiger partial charge in [-0.2, -0.15) is 0 Å². The van der Waals surface area contributed by atoms with E-state index in [-0.39, 0.29) is 0 Å². The van der Waals surface area contributed by atoms with E-state index in [4.69, 9.17) is 0 Å². The second-order valence-corrected chi connectivity index (χ2v) is 3.64. The number of fused-ring (bicyclic) bond motifs is 1. The molecule has 84 valence electrons. The molecule has 2 rings (SSSR count). The average molecular weight is 219 g/mol. The number of unbranched alkanes of at least 4 members (excludes halogenated alkanes) is 1. The van der Waals surface area contributed by atoms with Gasteiger partial charge in [0.25, 0.3) is 0 Å². The molecule has 0 amide bonds. The highest BCUT2D eigenvalue weighted by atomic mass is 16.2. The molecule has 1 N–H and O–H groups in total. The Morgan fingerprint density at radius 3 is 3.00 bits per heavy atom. The average Bonchev–Trinajstić information content (AvgIpc) is 2.30. The summed E-state index contributed by atoms with van der Waals surface area (Å²) < 4.78 is 1.49. The van der Waals surface area contributed by atoms with Gasteiger partial charge in [-0.05, 0) is 18.6 Å². The fourth-order valence-electron chi connectivity index (χ4n) is 1.64. The van der Waals surface area contributed by atoms with Crippen LogP contribution in [0, 0.1) is 0 Å². The number of aromatic nitrogens is 3. The number of rotatable bonds is 3. The predicted molar refractivity (Wildman–Crippen MR) is 61.5 cm³/mol. The van der Waals surface area contributed by atoms with Crippen molar-refractivity contribution in [2.45, 2.75) is 26.3 Å². The van der Waals surface area contributed by atoms with Crippen molar-refractivity contribution in [2.24, 2.45) is 0 Å². The monoisotopic (exact) mass is 219 g/mol. The van der Waals surface area contributed by atoms with Gasteiger partial charge in [-0.3, -0.25) is 9.59 Å². The van der Waals surface area contributed by atoms with Crippen LogP contribution in [0.4, 0.5) is 0 Å². The van der Waals surface area contributed by atoms with Crippen LogP contribution in [-0.2, 0) is 6.54 Å². The third kappa shape index (κ3) is 1.76. The Bertz CT molecular complexity index is 612. The maximum atomic E-state index is 11.7. The minimum atomic E-state index is -0.609. The van der Waals surface area contributed by atoms with Crippen molar-refractivity contribution in [3.8, 4) is 0 Å². The number of aryl methyl sites for hydroxylation is 1. The van der Waals surface area contributed by atoms with Crippen LogP contribution in [0.2, 0.25) is 0 Å². The first-order valence-electron chi connectivity index (χ1n) is 5.32. The lowest BCUT2D eigenvalue weighted by Gasteiger charge is -2.07. The Kier molecular flexibility index (Phi) is 2.85. The van der Waals surface area contributed by atoms with Crippen LogP contribution in [0.1, 0.15) is 19.8 Å². The highest BCUT2D eigenvalue weighted by molar-refractivity contribution is 5.69. The largest absolute Gasteiger partial charge is 0.316 e. The third-order valence-corrected chi connectivity index (χ3v) is 2.48. The van der Waals surface area contributed by atoms with Crippen molar-refractivity contribution in [1.82, 2.24) is 14.5 Å². The lowest BCUT2D eigenvalue weighted by molar-refractivity contribution is 0.624. The number of pyridine rings is 1. The molecule has 0 radical (unpaired) electrons. The second-order valence-electron chi connectivity index (χ2n) is 3.64. The van der Waals surface area contributed by atoms with Crippen molar-refractivity contribution >= 4 is 11.2 Å². The lowest BCUT2D eigenvalue weighted by atomic mass is 10.3. The zero-order valence-corrected chi connectivity index (χ0v) is 9.06. The van der Waals surface area contributed by atoms with Gasteiger partial charge in [0.15, 0.2) is 5.65 Å². The van der Waals surface area contributed by atoms with E-state index in [0.717, 1.165) is 12.8 Å². The molecule has 0 unspecified atom stereocenters. The van der Waals surface area contributed by atoms with E-state index in [2.05, 4.69) is 9.97 Å². The van der Waals surface area contributed by atoms with Crippen LogP contribution in [0.5, 0.6) is 0 Å². The SMILES string of the molecule is CCCCn1c(=O)c(=O)[nH]c2ncccc21. The molecule has 0 aliphatic rings. The zero-order valence-electron chi connectivity index (χ0n) is 9.06. The van der Waals surface area contributed by atoms with Crippen molar-refractivity contribution in [3.05, 3.63) is 39.0 Å². The fourth-order valence-corrected chi connectivity index (χ4v) is 1.64. The quantitative estimate of drug-likeness (QED) is 0.779. The fraction of sp³-hybridized carbons (Fsp3) is 0.364. The molecular formula is C11H13N3O2. The Labute approximate surface area is 91.8 Å². The normalized spacial score (nSPS) is 10.8. The van der Waals surface area contributed by atoms with Gasteiger partial charge < -0.3 is 9.55 Å². The Hall–Kier alpha value is -1.91. The standard InChI is InChI=1S/C11H13N3O2/c1-2-3-7-14-8-5-4-6-12-9(8)13-10(15)11(14)16/h4-6H,2-3,7H2,1H3,(H,12,13,15). The maximum Gasteiger partial charge on any atom is 0.316 e. The summed E-state index contributed by atoms with van der Waals surface area (Å²) >= 11 is 0. The first-order chi connectivity index (χ1) is 7.74. The van der Waals surface area contributed by atoms with Gasteiger partial charge in [-0.15, -0.1) is 0 Å². The number of nitrogens with zero attached hydrogens (tertiary/aromatic N) is 2.